The number of thiocarbonyl (C=S) groups is 1. The smallest absolute Gasteiger partial charge is 0.414 e. The van der Waals surface area contributed by atoms with Gasteiger partial charge in [0.1, 0.15) is 12.8 Å². The number of benzene rings is 1. The van der Waals surface area contributed by atoms with E-state index >= 15 is 0 Å². The van der Waals surface area contributed by atoms with Gasteiger partial charge in [-0.25, -0.2) is 9.18 Å². The molecule has 0 radical (unpaired) electrons. The lowest BCUT2D eigenvalue weighted by Gasteiger charge is -2.35. The summed E-state index contributed by atoms with van der Waals surface area (Å²) in [6, 6.07) is 7.89. The molecule has 1 atom stereocenters. The molecule has 148 valence electrons. The Kier molecular flexibility index (Phi) is 6.68. The van der Waals surface area contributed by atoms with E-state index in [1.54, 1.807) is 4.90 Å². The first-order chi connectivity index (χ1) is 13.1. The maximum Gasteiger partial charge on any atom is 0.414 e. The van der Waals surface area contributed by atoms with Gasteiger partial charge < -0.3 is 19.7 Å². The van der Waals surface area contributed by atoms with Crippen molar-refractivity contribution in [3.8, 4) is 0 Å². The van der Waals surface area contributed by atoms with E-state index in [4.69, 9.17) is 21.7 Å². The monoisotopic (exact) mass is 396 g/mol. The van der Waals surface area contributed by atoms with Crippen molar-refractivity contribution in [2.24, 2.45) is 0 Å². The third-order valence-corrected chi connectivity index (χ3v) is 5.14. The minimum Gasteiger partial charge on any atom is -0.474 e. The van der Waals surface area contributed by atoms with Crippen LogP contribution in [0.1, 0.15) is 0 Å². The van der Waals surface area contributed by atoms with Gasteiger partial charge in [-0.2, -0.15) is 0 Å². The van der Waals surface area contributed by atoms with Gasteiger partial charge in [0.05, 0.1) is 20.2 Å². The molecule has 0 bridgehead atoms. The van der Waals surface area contributed by atoms with Gasteiger partial charge in [-0.3, -0.25) is 9.80 Å². The number of cyclic esters (lactones) is 1. The fraction of sp³-hybridized carbons (Fsp3) is 0.556. The Morgan fingerprint density at radius 3 is 2.56 bits per heavy atom. The van der Waals surface area contributed by atoms with Crippen molar-refractivity contribution in [3.63, 3.8) is 0 Å². The van der Waals surface area contributed by atoms with Crippen LogP contribution in [0.5, 0.6) is 0 Å². The van der Waals surface area contributed by atoms with Crippen LogP contribution < -0.4 is 15.1 Å². The molecule has 1 unspecified atom stereocenters. The number of anilines is 2. The summed E-state index contributed by atoms with van der Waals surface area (Å²) in [6.45, 7) is 4.56. The Hall–Kier alpha value is -2.13. The molecule has 3 rings (SSSR count). The molecular formula is C18H25FN4O3S. The fourth-order valence-electron chi connectivity index (χ4n) is 3.30. The number of ether oxygens (including phenoxy) is 2. The Balaban J connectivity index is 1.54. The molecular weight excluding hydrogens is 371 g/mol. The van der Waals surface area contributed by atoms with Crippen LogP contribution in [0, 0.1) is 0 Å². The zero-order chi connectivity index (χ0) is 19.2. The van der Waals surface area contributed by atoms with E-state index in [9.17, 15) is 9.18 Å². The molecule has 0 aromatic heterocycles. The van der Waals surface area contributed by atoms with Gasteiger partial charge in [0.15, 0.2) is 0 Å². The number of hydrogen-bond acceptors (Lipinski definition) is 6. The van der Waals surface area contributed by atoms with Gasteiger partial charge in [0.2, 0.25) is 0 Å². The van der Waals surface area contributed by atoms with Crippen LogP contribution in [0.25, 0.3) is 0 Å². The van der Waals surface area contributed by atoms with E-state index in [1.807, 2.05) is 24.3 Å². The molecule has 1 aromatic carbocycles. The van der Waals surface area contributed by atoms with E-state index in [0.29, 0.717) is 19.6 Å². The molecule has 0 saturated carbocycles. The van der Waals surface area contributed by atoms with Crippen LogP contribution in [0.15, 0.2) is 24.3 Å². The summed E-state index contributed by atoms with van der Waals surface area (Å²) in [4.78, 5) is 18.2. The summed E-state index contributed by atoms with van der Waals surface area (Å²) in [5, 5.41) is 3.18. The molecule has 7 nitrogen and oxygen atoms in total. The lowest BCUT2D eigenvalue weighted by atomic mass is 10.2. The molecule has 1 aromatic rings. The minimum absolute atomic E-state index is 0.278. The highest BCUT2D eigenvalue weighted by Crippen LogP contribution is 2.25. The third-order valence-electron chi connectivity index (χ3n) is 4.83. The lowest BCUT2D eigenvalue weighted by Crippen LogP contribution is -2.47. The SMILES string of the molecule is COC(=S)NCC1CN(c2ccc(N3CCN(CCF)CC3)cc2)C(=O)O1. The molecule has 2 fully saturated rings. The van der Waals surface area contributed by atoms with Gasteiger partial charge in [0, 0.05) is 44.1 Å². The maximum absolute atomic E-state index is 12.4. The minimum atomic E-state index is -0.363. The zero-order valence-corrected chi connectivity index (χ0v) is 16.2. The van der Waals surface area contributed by atoms with Crippen LogP contribution in [0.2, 0.25) is 0 Å². The Bertz CT molecular complexity index is 653. The van der Waals surface area contributed by atoms with E-state index < -0.39 is 0 Å². The number of nitrogens with zero attached hydrogens (tertiary/aromatic N) is 3. The highest BCUT2D eigenvalue weighted by atomic mass is 32.1. The largest absolute Gasteiger partial charge is 0.474 e. The summed E-state index contributed by atoms with van der Waals surface area (Å²) in [6.07, 6.45) is -0.647. The van der Waals surface area contributed by atoms with Crippen molar-refractivity contribution in [2.45, 2.75) is 6.10 Å². The van der Waals surface area contributed by atoms with Gasteiger partial charge in [-0.15, -0.1) is 0 Å². The number of alkyl halides is 1. The van der Waals surface area contributed by atoms with Crippen molar-refractivity contribution in [3.05, 3.63) is 24.3 Å². The molecule has 2 saturated heterocycles. The van der Waals surface area contributed by atoms with Gasteiger partial charge in [-0.05, 0) is 36.5 Å². The number of hydrogen-bond donors (Lipinski definition) is 1. The molecule has 0 aliphatic carbocycles. The van der Waals surface area contributed by atoms with Crippen molar-refractivity contribution < 1.29 is 18.7 Å². The van der Waals surface area contributed by atoms with E-state index in [1.165, 1.54) is 7.11 Å². The predicted molar refractivity (Wildman–Crippen MR) is 106 cm³/mol. The van der Waals surface area contributed by atoms with Crippen LogP contribution in [-0.2, 0) is 9.47 Å². The molecule has 2 aliphatic heterocycles. The Labute approximate surface area is 164 Å². The van der Waals surface area contributed by atoms with E-state index in [0.717, 1.165) is 37.6 Å². The Morgan fingerprint density at radius 2 is 1.93 bits per heavy atom. The molecule has 1 amide bonds. The van der Waals surface area contributed by atoms with Crippen LogP contribution in [0.3, 0.4) is 0 Å². The second-order valence-electron chi connectivity index (χ2n) is 6.52. The predicted octanol–water partition coefficient (Wildman–Crippen LogP) is 1.62. The van der Waals surface area contributed by atoms with Crippen molar-refractivity contribution >= 4 is 34.9 Å². The van der Waals surface area contributed by atoms with Gasteiger partial charge >= 0.3 is 6.09 Å². The second-order valence-corrected chi connectivity index (χ2v) is 6.89. The summed E-state index contributed by atoms with van der Waals surface area (Å²) in [5.74, 6) is 0. The van der Waals surface area contributed by atoms with Crippen molar-refractivity contribution in [1.82, 2.24) is 10.2 Å². The zero-order valence-electron chi connectivity index (χ0n) is 15.4. The fourth-order valence-corrected chi connectivity index (χ4v) is 3.38. The topological polar surface area (TPSA) is 57.3 Å². The lowest BCUT2D eigenvalue weighted by molar-refractivity contribution is 0.142. The number of methoxy groups -OCH3 is 1. The van der Waals surface area contributed by atoms with Crippen molar-refractivity contribution in [2.75, 3.05) is 69.4 Å². The number of piperazine rings is 1. The molecule has 2 aliphatic rings. The molecule has 1 N–H and O–H groups in total. The molecule has 27 heavy (non-hydrogen) atoms. The highest BCUT2D eigenvalue weighted by Gasteiger charge is 2.32. The third kappa shape index (κ3) is 4.98. The first kappa shape index (κ1) is 19.6. The number of carbonyl (C=O) groups excluding carboxylic acids is 1. The first-order valence-electron chi connectivity index (χ1n) is 9.04. The molecule has 9 heteroatoms. The average molecular weight is 396 g/mol. The standard InChI is InChI=1S/C18H25FN4O3S/c1-25-17(27)20-12-16-13-23(18(24)26-16)15-4-2-14(3-5-15)22-10-8-21(7-6-19)9-11-22/h2-5,16H,6-13H2,1H3,(H,20,27). The number of halogens is 1. The summed E-state index contributed by atoms with van der Waals surface area (Å²) in [5.41, 5.74) is 1.91. The number of nitrogens with one attached hydrogen (secondary N) is 1. The molecule has 2 heterocycles. The average Bonchev–Trinajstić information content (AvgIpc) is 3.08. The number of amides is 1. The summed E-state index contributed by atoms with van der Waals surface area (Å²) >= 11 is 4.93. The first-order valence-corrected chi connectivity index (χ1v) is 9.45. The highest BCUT2D eigenvalue weighted by molar-refractivity contribution is 7.80. The number of rotatable bonds is 6. The summed E-state index contributed by atoms with van der Waals surface area (Å²) in [7, 11) is 1.49. The van der Waals surface area contributed by atoms with Crippen LogP contribution >= 0.6 is 12.2 Å². The van der Waals surface area contributed by atoms with Crippen LogP contribution in [-0.4, -0.2) is 81.9 Å². The van der Waals surface area contributed by atoms with Gasteiger partial charge in [0.25, 0.3) is 5.17 Å². The van der Waals surface area contributed by atoms with E-state index in [2.05, 4.69) is 15.1 Å². The quantitative estimate of drug-likeness (QED) is 0.734. The van der Waals surface area contributed by atoms with Gasteiger partial charge in [-0.1, -0.05) is 0 Å². The van der Waals surface area contributed by atoms with E-state index in [-0.39, 0.29) is 24.0 Å². The second kappa shape index (κ2) is 9.18. The van der Waals surface area contributed by atoms with Crippen LogP contribution in [0.4, 0.5) is 20.6 Å². The maximum atomic E-state index is 12.4. The molecule has 0 spiro atoms. The Morgan fingerprint density at radius 1 is 1.26 bits per heavy atom. The van der Waals surface area contributed by atoms with Crippen molar-refractivity contribution in [1.29, 1.82) is 0 Å². The normalized spacial score (nSPS) is 20.5. The summed E-state index contributed by atoms with van der Waals surface area (Å²) < 4.78 is 22.7. The number of carbonyl (C=O) groups is 1.